The number of nitrogens with zero attached hydrogens (tertiary/aromatic N) is 1. The van der Waals surface area contributed by atoms with Crippen LogP contribution in [0.2, 0.25) is 0 Å². The van der Waals surface area contributed by atoms with Gasteiger partial charge in [0, 0.05) is 30.8 Å². The highest BCUT2D eigenvalue weighted by molar-refractivity contribution is 5.98. The average Bonchev–Trinajstić information content (AvgIpc) is 2.73. The first-order chi connectivity index (χ1) is 13.5. The molecule has 0 aliphatic carbocycles. The van der Waals surface area contributed by atoms with Crippen molar-refractivity contribution in [1.29, 1.82) is 0 Å². The number of benzene rings is 2. The number of hydrogen-bond acceptors (Lipinski definition) is 3. The summed E-state index contributed by atoms with van der Waals surface area (Å²) in [5.41, 5.74) is 2.15. The SMILES string of the molecule is O=C1CCc2cc(C(=O)N3CCC(C(=O)O)(c4ccccc4)CC3)ccc2N1. The van der Waals surface area contributed by atoms with Gasteiger partial charge in [-0.05, 0) is 48.6 Å². The molecule has 2 aromatic carbocycles. The maximum absolute atomic E-state index is 13.0. The van der Waals surface area contributed by atoms with Crippen LogP contribution in [0.1, 0.15) is 40.7 Å². The fourth-order valence-corrected chi connectivity index (χ4v) is 4.17. The molecule has 0 bridgehead atoms. The van der Waals surface area contributed by atoms with Crippen LogP contribution in [0, 0.1) is 0 Å². The van der Waals surface area contributed by atoms with Crippen LogP contribution >= 0.6 is 0 Å². The van der Waals surface area contributed by atoms with Gasteiger partial charge in [0.1, 0.15) is 0 Å². The van der Waals surface area contributed by atoms with Crippen molar-refractivity contribution in [2.75, 3.05) is 18.4 Å². The molecular weight excluding hydrogens is 356 g/mol. The third-order valence-corrected chi connectivity index (χ3v) is 5.89. The van der Waals surface area contributed by atoms with Gasteiger partial charge >= 0.3 is 5.97 Å². The van der Waals surface area contributed by atoms with Crippen LogP contribution in [-0.2, 0) is 21.4 Å². The molecule has 0 atom stereocenters. The molecule has 0 aromatic heterocycles. The monoisotopic (exact) mass is 378 g/mol. The van der Waals surface area contributed by atoms with Gasteiger partial charge in [-0.1, -0.05) is 30.3 Å². The Morgan fingerprint density at radius 1 is 1.00 bits per heavy atom. The number of hydrogen-bond donors (Lipinski definition) is 2. The Morgan fingerprint density at radius 2 is 1.71 bits per heavy atom. The second-order valence-corrected chi connectivity index (χ2v) is 7.47. The first-order valence-electron chi connectivity index (χ1n) is 9.50. The van der Waals surface area contributed by atoms with E-state index < -0.39 is 11.4 Å². The van der Waals surface area contributed by atoms with E-state index in [1.165, 1.54) is 0 Å². The smallest absolute Gasteiger partial charge is 0.314 e. The fourth-order valence-electron chi connectivity index (χ4n) is 4.17. The van der Waals surface area contributed by atoms with Crippen molar-refractivity contribution in [2.24, 2.45) is 0 Å². The molecule has 6 heteroatoms. The Hall–Kier alpha value is -3.15. The second-order valence-electron chi connectivity index (χ2n) is 7.47. The highest BCUT2D eigenvalue weighted by Crippen LogP contribution is 2.36. The van der Waals surface area contributed by atoms with Crippen molar-refractivity contribution < 1.29 is 19.5 Å². The van der Waals surface area contributed by atoms with Crippen molar-refractivity contribution in [3.05, 3.63) is 65.2 Å². The van der Waals surface area contributed by atoms with Crippen LogP contribution < -0.4 is 5.32 Å². The number of amides is 2. The van der Waals surface area contributed by atoms with Gasteiger partial charge in [0.05, 0.1) is 5.41 Å². The number of aliphatic carboxylic acids is 1. The Bertz CT molecular complexity index is 931. The van der Waals surface area contributed by atoms with E-state index in [4.69, 9.17) is 0 Å². The molecule has 1 saturated heterocycles. The van der Waals surface area contributed by atoms with Gasteiger partial charge in [0.2, 0.25) is 5.91 Å². The standard InChI is InChI=1S/C22H22N2O4/c25-19-9-7-15-14-16(6-8-18(15)23-19)20(26)24-12-10-22(11-13-24,21(27)28)17-4-2-1-3-5-17/h1-6,8,14H,7,9-13H2,(H,23,25)(H,27,28). The number of carbonyl (C=O) groups excluding carboxylic acids is 2. The normalized spacial score (nSPS) is 18.1. The van der Waals surface area contributed by atoms with Crippen LogP contribution in [0.4, 0.5) is 5.69 Å². The van der Waals surface area contributed by atoms with E-state index in [1.807, 2.05) is 36.4 Å². The summed E-state index contributed by atoms with van der Waals surface area (Å²) in [7, 11) is 0. The highest BCUT2D eigenvalue weighted by Gasteiger charge is 2.43. The molecule has 0 radical (unpaired) electrons. The molecule has 0 unspecified atom stereocenters. The van der Waals surface area contributed by atoms with Gasteiger partial charge in [-0.3, -0.25) is 14.4 Å². The summed E-state index contributed by atoms with van der Waals surface area (Å²) in [6.45, 7) is 0.793. The molecule has 0 spiro atoms. The molecule has 144 valence electrons. The van der Waals surface area contributed by atoms with E-state index in [0.717, 1.165) is 16.8 Å². The van der Waals surface area contributed by atoms with E-state index in [-0.39, 0.29) is 11.8 Å². The molecule has 2 aliphatic rings. The second kappa shape index (κ2) is 7.11. The van der Waals surface area contributed by atoms with Gasteiger partial charge in [-0.15, -0.1) is 0 Å². The Labute approximate surface area is 163 Å². The first kappa shape index (κ1) is 18.2. The number of carboxylic acid groups (broad SMARTS) is 1. The number of rotatable bonds is 3. The van der Waals surface area contributed by atoms with E-state index >= 15 is 0 Å². The Morgan fingerprint density at radius 3 is 2.39 bits per heavy atom. The third kappa shape index (κ3) is 3.15. The van der Waals surface area contributed by atoms with Crippen LogP contribution in [0.15, 0.2) is 48.5 Å². The number of piperidine rings is 1. The molecule has 28 heavy (non-hydrogen) atoms. The summed E-state index contributed by atoms with van der Waals surface area (Å²) < 4.78 is 0. The maximum Gasteiger partial charge on any atom is 0.314 e. The predicted molar refractivity (Wildman–Crippen MR) is 104 cm³/mol. The van der Waals surface area contributed by atoms with Gasteiger partial charge in [0.15, 0.2) is 0 Å². The number of likely N-dealkylation sites (tertiary alicyclic amines) is 1. The van der Waals surface area contributed by atoms with Crippen molar-refractivity contribution >= 4 is 23.5 Å². The predicted octanol–water partition coefficient (Wildman–Crippen LogP) is 2.83. The lowest BCUT2D eigenvalue weighted by Crippen LogP contribution is -2.49. The first-order valence-corrected chi connectivity index (χ1v) is 9.50. The minimum Gasteiger partial charge on any atom is -0.481 e. The molecule has 2 aromatic rings. The Balaban J connectivity index is 1.51. The summed E-state index contributed by atoms with van der Waals surface area (Å²) in [5, 5.41) is 12.7. The van der Waals surface area contributed by atoms with Crippen LogP contribution in [0.5, 0.6) is 0 Å². The quantitative estimate of drug-likeness (QED) is 0.860. The molecule has 2 aliphatic heterocycles. The molecule has 6 nitrogen and oxygen atoms in total. The molecule has 2 amide bonds. The van der Waals surface area contributed by atoms with Crippen LogP contribution in [0.25, 0.3) is 0 Å². The van der Waals surface area contributed by atoms with E-state index in [9.17, 15) is 19.5 Å². The zero-order valence-electron chi connectivity index (χ0n) is 15.5. The summed E-state index contributed by atoms with van der Waals surface area (Å²) in [6, 6.07) is 14.6. The van der Waals surface area contributed by atoms with Crippen LogP contribution in [0.3, 0.4) is 0 Å². The van der Waals surface area contributed by atoms with Gasteiger partial charge in [-0.25, -0.2) is 0 Å². The number of nitrogens with one attached hydrogen (secondary N) is 1. The number of aryl methyl sites for hydroxylation is 1. The van der Waals surface area contributed by atoms with Gasteiger partial charge < -0.3 is 15.3 Å². The van der Waals surface area contributed by atoms with E-state index in [2.05, 4.69) is 5.32 Å². The van der Waals surface area contributed by atoms with E-state index in [0.29, 0.717) is 44.3 Å². The van der Waals surface area contributed by atoms with Crippen molar-refractivity contribution in [1.82, 2.24) is 4.90 Å². The number of carbonyl (C=O) groups is 3. The van der Waals surface area contributed by atoms with Crippen molar-refractivity contribution in [3.63, 3.8) is 0 Å². The summed E-state index contributed by atoms with van der Waals surface area (Å²) in [4.78, 5) is 38.3. The Kier molecular flexibility index (Phi) is 4.63. The average molecular weight is 378 g/mol. The lowest BCUT2D eigenvalue weighted by molar-refractivity contribution is -0.145. The minimum absolute atomic E-state index is 0.00599. The topological polar surface area (TPSA) is 86.7 Å². The van der Waals surface area contributed by atoms with Gasteiger partial charge in [-0.2, -0.15) is 0 Å². The molecule has 2 heterocycles. The number of fused-ring (bicyclic) bond motifs is 1. The third-order valence-electron chi connectivity index (χ3n) is 5.89. The maximum atomic E-state index is 13.0. The molecule has 1 fully saturated rings. The highest BCUT2D eigenvalue weighted by atomic mass is 16.4. The number of anilines is 1. The summed E-state index contributed by atoms with van der Waals surface area (Å²) >= 11 is 0. The van der Waals surface area contributed by atoms with Crippen molar-refractivity contribution in [3.8, 4) is 0 Å². The molecule has 4 rings (SSSR count). The lowest BCUT2D eigenvalue weighted by atomic mass is 9.72. The zero-order valence-corrected chi connectivity index (χ0v) is 15.5. The zero-order chi connectivity index (χ0) is 19.7. The largest absolute Gasteiger partial charge is 0.481 e. The lowest BCUT2D eigenvalue weighted by Gasteiger charge is -2.39. The molecule has 0 saturated carbocycles. The minimum atomic E-state index is -0.946. The van der Waals surface area contributed by atoms with Gasteiger partial charge in [0.25, 0.3) is 5.91 Å². The summed E-state index contributed by atoms with van der Waals surface area (Å²) in [6.07, 6.45) is 1.82. The van der Waals surface area contributed by atoms with E-state index in [1.54, 1.807) is 17.0 Å². The fraction of sp³-hybridized carbons (Fsp3) is 0.318. The van der Waals surface area contributed by atoms with Crippen molar-refractivity contribution in [2.45, 2.75) is 31.1 Å². The molecular formula is C22H22N2O4. The molecule has 2 N–H and O–H groups in total. The summed E-state index contributed by atoms with van der Waals surface area (Å²) in [5.74, 6) is -0.935. The van der Waals surface area contributed by atoms with Crippen LogP contribution in [-0.4, -0.2) is 40.9 Å². The number of carboxylic acids is 1.